The Morgan fingerprint density at radius 3 is 2.30 bits per heavy atom. The van der Waals surface area contributed by atoms with Gasteiger partial charge in [0.25, 0.3) is 0 Å². The van der Waals surface area contributed by atoms with E-state index in [4.69, 9.17) is 0 Å². The van der Waals surface area contributed by atoms with E-state index in [1.54, 1.807) is 12.1 Å². The SMILES string of the molecule is O=CN(C=O)c1ccc(C2=Nc3ccccc3C2)cc1. The van der Waals surface area contributed by atoms with Gasteiger partial charge < -0.3 is 0 Å². The molecule has 0 fully saturated rings. The van der Waals surface area contributed by atoms with Crippen molar-refractivity contribution in [3.05, 3.63) is 59.7 Å². The van der Waals surface area contributed by atoms with Crippen LogP contribution in [0.1, 0.15) is 11.1 Å². The van der Waals surface area contributed by atoms with E-state index in [0.717, 1.165) is 28.3 Å². The van der Waals surface area contributed by atoms with E-state index in [1.807, 2.05) is 30.3 Å². The van der Waals surface area contributed by atoms with E-state index in [-0.39, 0.29) is 0 Å². The average Bonchev–Trinajstić information content (AvgIpc) is 2.93. The van der Waals surface area contributed by atoms with Gasteiger partial charge in [0.1, 0.15) is 0 Å². The number of hydrogen-bond donors (Lipinski definition) is 0. The zero-order valence-electron chi connectivity index (χ0n) is 10.7. The first-order chi connectivity index (χ1) is 9.81. The predicted molar refractivity (Wildman–Crippen MR) is 77.4 cm³/mol. The molecule has 1 aliphatic heterocycles. The highest BCUT2D eigenvalue weighted by molar-refractivity contribution is 6.07. The number of para-hydroxylation sites is 1. The molecule has 20 heavy (non-hydrogen) atoms. The molecule has 0 saturated heterocycles. The van der Waals surface area contributed by atoms with Crippen LogP contribution in [0.4, 0.5) is 11.4 Å². The second kappa shape index (κ2) is 5.09. The van der Waals surface area contributed by atoms with Gasteiger partial charge >= 0.3 is 0 Å². The maximum Gasteiger partial charge on any atom is 0.220 e. The number of imide groups is 1. The Balaban J connectivity index is 1.87. The Hall–Kier alpha value is -2.75. The lowest BCUT2D eigenvalue weighted by molar-refractivity contribution is -0.113. The number of fused-ring (bicyclic) bond motifs is 1. The van der Waals surface area contributed by atoms with Gasteiger partial charge in [0.05, 0.1) is 17.1 Å². The van der Waals surface area contributed by atoms with Crippen LogP contribution in [-0.4, -0.2) is 18.5 Å². The Bertz CT molecular complexity index is 682. The van der Waals surface area contributed by atoms with Crippen molar-refractivity contribution in [2.24, 2.45) is 4.99 Å². The highest BCUT2D eigenvalue weighted by Crippen LogP contribution is 2.28. The Labute approximate surface area is 116 Å². The monoisotopic (exact) mass is 264 g/mol. The van der Waals surface area contributed by atoms with E-state index in [0.29, 0.717) is 18.5 Å². The van der Waals surface area contributed by atoms with Gasteiger partial charge in [-0.15, -0.1) is 0 Å². The third-order valence-corrected chi connectivity index (χ3v) is 3.33. The number of hydrogen-bond acceptors (Lipinski definition) is 3. The molecular weight excluding hydrogens is 252 g/mol. The van der Waals surface area contributed by atoms with Crippen molar-refractivity contribution >= 4 is 29.9 Å². The van der Waals surface area contributed by atoms with Crippen LogP contribution in [0.3, 0.4) is 0 Å². The van der Waals surface area contributed by atoms with Crippen molar-refractivity contribution in [2.75, 3.05) is 4.90 Å². The summed E-state index contributed by atoms with van der Waals surface area (Å²) in [7, 11) is 0. The van der Waals surface area contributed by atoms with E-state index < -0.39 is 0 Å². The van der Waals surface area contributed by atoms with Crippen LogP contribution >= 0.6 is 0 Å². The zero-order chi connectivity index (χ0) is 13.9. The quantitative estimate of drug-likeness (QED) is 0.796. The fourth-order valence-electron chi connectivity index (χ4n) is 2.27. The minimum Gasteiger partial charge on any atom is -0.278 e. The number of benzene rings is 2. The second-order valence-corrected chi connectivity index (χ2v) is 4.53. The van der Waals surface area contributed by atoms with Gasteiger partial charge in [-0.3, -0.25) is 19.5 Å². The fraction of sp³-hybridized carbons (Fsp3) is 0.0625. The predicted octanol–water partition coefficient (Wildman–Crippen LogP) is 2.48. The minimum absolute atomic E-state index is 0.491. The molecule has 0 N–H and O–H groups in total. The molecule has 1 aliphatic rings. The van der Waals surface area contributed by atoms with Crippen molar-refractivity contribution in [2.45, 2.75) is 6.42 Å². The summed E-state index contributed by atoms with van der Waals surface area (Å²) in [5.74, 6) is 0. The van der Waals surface area contributed by atoms with Crippen molar-refractivity contribution in [1.82, 2.24) is 0 Å². The molecule has 0 atom stereocenters. The van der Waals surface area contributed by atoms with Crippen molar-refractivity contribution < 1.29 is 9.59 Å². The topological polar surface area (TPSA) is 49.7 Å². The first-order valence-corrected chi connectivity index (χ1v) is 6.26. The molecule has 98 valence electrons. The van der Waals surface area contributed by atoms with Crippen LogP contribution < -0.4 is 4.90 Å². The van der Waals surface area contributed by atoms with E-state index >= 15 is 0 Å². The smallest absolute Gasteiger partial charge is 0.220 e. The lowest BCUT2D eigenvalue weighted by atomic mass is 10.0. The van der Waals surface area contributed by atoms with Crippen LogP contribution in [0.2, 0.25) is 0 Å². The molecule has 0 aromatic heterocycles. The number of carbonyl (C=O) groups excluding carboxylic acids is 2. The van der Waals surface area contributed by atoms with E-state index in [1.165, 1.54) is 5.56 Å². The molecule has 2 aromatic rings. The maximum absolute atomic E-state index is 10.7. The molecule has 0 bridgehead atoms. The third-order valence-electron chi connectivity index (χ3n) is 3.33. The van der Waals surface area contributed by atoms with Crippen molar-refractivity contribution in [3.8, 4) is 0 Å². The zero-order valence-corrected chi connectivity index (χ0v) is 10.7. The van der Waals surface area contributed by atoms with Crippen LogP contribution in [0, 0.1) is 0 Å². The molecule has 2 aromatic carbocycles. The molecular formula is C16H12N2O2. The molecule has 0 aliphatic carbocycles. The number of anilines is 1. The van der Waals surface area contributed by atoms with Crippen molar-refractivity contribution in [3.63, 3.8) is 0 Å². The molecule has 0 saturated carbocycles. The maximum atomic E-state index is 10.7. The number of amides is 2. The largest absolute Gasteiger partial charge is 0.278 e. The van der Waals surface area contributed by atoms with E-state index in [2.05, 4.69) is 11.1 Å². The lowest BCUT2D eigenvalue weighted by Crippen LogP contribution is -2.18. The van der Waals surface area contributed by atoms with Gasteiger partial charge in [0.2, 0.25) is 12.8 Å². The second-order valence-electron chi connectivity index (χ2n) is 4.53. The number of nitrogens with zero attached hydrogens (tertiary/aromatic N) is 2. The molecule has 4 heteroatoms. The lowest BCUT2D eigenvalue weighted by Gasteiger charge is -2.09. The van der Waals surface area contributed by atoms with Crippen LogP contribution in [-0.2, 0) is 16.0 Å². The molecule has 2 amide bonds. The van der Waals surface area contributed by atoms with Crippen LogP contribution in [0.15, 0.2) is 53.5 Å². The van der Waals surface area contributed by atoms with Gasteiger partial charge in [0.15, 0.2) is 0 Å². The number of aliphatic imine (C=N–C) groups is 1. The summed E-state index contributed by atoms with van der Waals surface area (Å²) in [6.07, 6.45) is 1.79. The molecule has 3 rings (SSSR count). The molecule has 0 spiro atoms. The Kier molecular flexibility index (Phi) is 3.13. The van der Waals surface area contributed by atoms with Crippen molar-refractivity contribution in [1.29, 1.82) is 0 Å². The standard InChI is InChI=1S/C16H12N2O2/c19-10-18(11-20)14-7-5-12(6-8-14)16-9-13-3-1-2-4-15(13)17-16/h1-8,10-11H,9H2. The van der Waals surface area contributed by atoms with Gasteiger partial charge in [0, 0.05) is 6.42 Å². The Morgan fingerprint density at radius 2 is 1.65 bits per heavy atom. The minimum atomic E-state index is 0.491. The highest BCUT2D eigenvalue weighted by atomic mass is 16.2. The Morgan fingerprint density at radius 1 is 0.950 bits per heavy atom. The van der Waals surface area contributed by atoms with Gasteiger partial charge in [-0.2, -0.15) is 0 Å². The summed E-state index contributed by atoms with van der Waals surface area (Å²) in [4.78, 5) is 27.0. The average molecular weight is 264 g/mol. The first-order valence-electron chi connectivity index (χ1n) is 6.26. The summed E-state index contributed by atoms with van der Waals surface area (Å²) in [5, 5.41) is 0. The summed E-state index contributed by atoms with van der Waals surface area (Å²) < 4.78 is 0. The molecule has 0 radical (unpaired) electrons. The summed E-state index contributed by atoms with van der Waals surface area (Å²) >= 11 is 0. The molecule has 0 unspecified atom stereocenters. The molecule has 1 heterocycles. The van der Waals surface area contributed by atoms with Gasteiger partial charge in [-0.25, -0.2) is 0 Å². The number of rotatable bonds is 4. The van der Waals surface area contributed by atoms with Gasteiger partial charge in [-0.05, 0) is 29.3 Å². The van der Waals surface area contributed by atoms with Crippen LogP contribution in [0.5, 0.6) is 0 Å². The highest BCUT2D eigenvalue weighted by Gasteiger charge is 2.15. The summed E-state index contributed by atoms with van der Waals surface area (Å²) in [5.41, 5.74) is 4.78. The normalized spacial score (nSPS) is 12.5. The summed E-state index contributed by atoms with van der Waals surface area (Å²) in [6, 6.07) is 15.3. The van der Waals surface area contributed by atoms with Gasteiger partial charge in [-0.1, -0.05) is 30.3 Å². The summed E-state index contributed by atoms with van der Waals surface area (Å²) in [6.45, 7) is 0. The number of carbonyl (C=O) groups is 2. The molecule has 4 nitrogen and oxygen atoms in total. The van der Waals surface area contributed by atoms with E-state index in [9.17, 15) is 9.59 Å². The first kappa shape index (κ1) is 12.3. The van der Waals surface area contributed by atoms with Crippen LogP contribution in [0.25, 0.3) is 0 Å². The third kappa shape index (κ3) is 2.12. The fourth-order valence-corrected chi connectivity index (χ4v) is 2.27.